The molecule has 0 bridgehead atoms. The molecule has 2 aliphatic rings. The molecule has 1 heterocycles. The summed E-state index contributed by atoms with van der Waals surface area (Å²) in [6, 6.07) is 34.5. The number of aliphatic imine (C=N–C) groups is 1. The molecule has 246 valence electrons. The number of nitrogens with two attached hydrogens (primary N) is 1. The molecule has 0 radical (unpaired) electrons. The van der Waals surface area contributed by atoms with Crippen LogP contribution in [0.2, 0.25) is 0 Å². The first-order valence-electron chi connectivity index (χ1n) is 16.9. The van der Waals surface area contributed by atoms with E-state index in [1.54, 1.807) is 4.90 Å². The Morgan fingerprint density at radius 1 is 0.896 bits per heavy atom. The van der Waals surface area contributed by atoms with Gasteiger partial charge in [-0.3, -0.25) is 14.4 Å². The third kappa shape index (κ3) is 7.49. The number of hydrogen-bond donors (Lipinski definition) is 2. The third-order valence-electron chi connectivity index (χ3n) is 9.35. The lowest BCUT2D eigenvalue weighted by Gasteiger charge is -2.33. The number of carbonyl (C=O) groups is 3. The van der Waals surface area contributed by atoms with Gasteiger partial charge in [-0.2, -0.15) is 0 Å². The first kappa shape index (κ1) is 32.7. The van der Waals surface area contributed by atoms with E-state index < -0.39 is 23.9 Å². The molecule has 0 aromatic heterocycles. The molecule has 3 N–H and O–H groups in total. The molecule has 3 unspecified atom stereocenters. The molecular formula is C40H42N4O4. The average molecular weight is 643 g/mol. The highest BCUT2D eigenvalue weighted by molar-refractivity contribution is 6.20. The van der Waals surface area contributed by atoms with Crippen LogP contribution in [0.5, 0.6) is 11.5 Å². The van der Waals surface area contributed by atoms with Gasteiger partial charge in [-0.05, 0) is 54.7 Å². The largest absolute Gasteiger partial charge is 0.457 e. The molecule has 0 saturated heterocycles. The average Bonchev–Trinajstić information content (AvgIpc) is 3.19. The van der Waals surface area contributed by atoms with Crippen LogP contribution in [-0.4, -0.2) is 29.6 Å². The minimum Gasteiger partial charge on any atom is -0.457 e. The van der Waals surface area contributed by atoms with E-state index in [9.17, 15) is 14.4 Å². The second-order valence-electron chi connectivity index (χ2n) is 12.7. The number of carbonyl (C=O) groups excluding carboxylic acids is 3. The quantitative estimate of drug-likeness (QED) is 0.163. The number of benzodiazepines with no additional fused rings is 1. The van der Waals surface area contributed by atoms with E-state index in [1.165, 1.54) is 0 Å². The molecule has 8 heteroatoms. The maximum Gasteiger partial charge on any atom is 0.272 e. The summed E-state index contributed by atoms with van der Waals surface area (Å²) in [5.41, 5.74) is 9.60. The van der Waals surface area contributed by atoms with E-state index in [-0.39, 0.29) is 18.4 Å². The van der Waals surface area contributed by atoms with Gasteiger partial charge in [0, 0.05) is 23.0 Å². The lowest BCUT2D eigenvalue weighted by atomic mass is 9.74. The molecule has 3 atom stereocenters. The fourth-order valence-electron chi connectivity index (χ4n) is 6.66. The van der Waals surface area contributed by atoms with Gasteiger partial charge in [0.1, 0.15) is 11.5 Å². The standard InChI is InChI=1S/C40H42N4O4/c1-2-13-32(37(41)45)34(25-27-14-11-15-27)39(46)43-38-40(47)44(26-28-16-12-21-31(24-28)48-30-19-7-4-8-20-30)35-23-10-9-22-33(35)36(42-38)29-17-5-3-6-18-29/h3-10,12,16-24,27,32,34,38H,2,11,13-15,25-26H2,1H3,(H2,41,45)(H,43,46). The number of para-hydroxylation sites is 2. The molecule has 8 nitrogen and oxygen atoms in total. The number of anilines is 1. The summed E-state index contributed by atoms with van der Waals surface area (Å²) in [7, 11) is 0. The van der Waals surface area contributed by atoms with Gasteiger partial charge in [0.2, 0.25) is 18.0 Å². The van der Waals surface area contributed by atoms with Gasteiger partial charge in [0.25, 0.3) is 5.91 Å². The van der Waals surface area contributed by atoms with Crippen molar-refractivity contribution in [2.45, 2.75) is 58.2 Å². The molecular weight excluding hydrogens is 600 g/mol. The number of benzene rings is 4. The highest BCUT2D eigenvalue weighted by Gasteiger charge is 2.39. The summed E-state index contributed by atoms with van der Waals surface area (Å²) >= 11 is 0. The number of fused-ring (bicyclic) bond motifs is 1. The van der Waals surface area contributed by atoms with Crippen LogP contribution in [0.3, 0.4) is 0 Å². The van der Waals surface area contributed by atoms with Crippen molar-refractivity contribution in [1.29, 1.82) is 0 Å². The van der Waals surface area contributed by atoms with Crippen LogP contribution in [0, 0.1) is 17.8 Å². The fraction of sp³-hybridized carbons (Fsp3) is 0.300. The normalized spacial score (nSPS) is 17.3. The number of nitrogens with one attached hydrogen (secondary N) is 1. The highest BCUT2D eigenvalue weighted by Crippen LogP contribution is 2.36. The number of hydrogen-bond acceptors (Lipinski definition) is 5. The molecule has 0 spiro atoms. The lowest BCUT2D eigenvalue weighted by Crippen LogP contribution is -2.51. The lowest BCUT2D eigenvalue weighted by molar-refractivity contribution is -0.136. The number of ether oxygens (including phenoxy) is 1. The Balaban J connectivity index is 1.37. The second-order valence-corrected chi connectivity index (χ2v) is 12.7. The topological polar surface area (TPSA) is 114 Å². The maximum atomic E-state index is 14.6. The van der Waals surface area contributed by atoms with E-state index in [0.717, 1.165) is 42.4 Å². The smallest absolute Gasteiger partial charge is 0.272 e. The molecule has 1 aliphatic heterocycles. The maximum absolute atomic E-state index is 14.6. The van der Waals surface area contributed by atoms with Crippen LogP contribution in [0.1, 0.15) is 62.1 Å². The minimum absolute atomic E-state index is 0.219. The van der Waals surface area contributed by atoms with Gasteiger partial charge in [-0.1, -0.05) is 111 Å². The van der Waals surface area contributed by atoms with Gasteiger partial charge < -0.3 is 20.7 Å². The van der Waals surface area contributed by atoms with Crippen molar-refractivity contribution >= 4 is 29.1 Å². The zero-order valence-corrected chi connectivity index (χ0v) is 27.3. The molecule has 48 heavy (non-hydrogen) atoms. The summed E-state index contributed by atoms with van der Waals surface area (Å²) in [4.78, 5) is 48.1. The van der Waals surface area contributed by atoms with Crippen LogP contribution in [-0.2, 0) is 20.9 Å². The molecule has 1 saturated carbocycles. The Bertz CT molecular complexity index is 1770. The first-order chi connectivity index (χ1) is 23.4. The SMILES string of the molecule is CCCC(C(N)=O)C(CC1CCC1)C(=O)NC1N=C(c2ccccc2)c2ccccc2N(Cc2cccc(Oc3ccccc3)c2)C1=O. The Morgan fingerprint density at radius 3 is 2.27 bits per heavy atom. The third-order valence-corrected chi connectivity index (χ3v) is 9.35. The number of amides is 3. The summed E-state index contributed by atoms with van der Waals surface area (Å²) in [5, 5.41) is 3.00. The van der Waals surface area contributed by atoms with Crippen LogP contribution < -0.4 is 20.7 Å². The summed E-state index contributed by atoms with van der Waals surface area (Å²) < 4.78 is 6.09. The zero-order valence-electron chi connectivity index (χ0n) is 27.3. The van der Waals surface area contributed by atoms with Gasteiger partial charge in [-0.15, -0.1) is 0 Å². The minimum atomic E-state index is -1.22. The Kier molecular flexibility index (Phi) is 10.3. The number of nitrogens with zero attached hydrogens (tertiary/aromatic N) is 2. The van der Waals surface area contributed by atoms with Crippen molar-refractivity contribution in [2.75, 3.05) is 4.90 Å². The van der Waals surface area contributed by atoms with E-state index in [2.05, 4.69) is 5.32 Å². The van der Waals surface area contributed by atoms with E-state index in [4.69, 9.17) is 15.5 Å². The molecule has 3 amide bonds. The predicted octanol–water partition coefficient (Wildman–Crippen LogP) is 7.01. The number of primary amides is 1. The molecule has 4 aromatic rings. The highest BCUT2D eigenvalue weighted by atomic mass is 16.5. The summed E-state index contributed by atoms with van der Waals surface area (Å²) in [6.45, 7) is 2.20. The molecule has 4 aromatic carbocycles. The van der Waals surface area contributed by atoms with E-state index in [1.807, 2.05) is 116 Å². The van der Waals surface area contributed by atoms with Crippen LogP contribution >= 0.6 is 0 Å². The van der Waals surface area contributed by atoms with Gasteiger partial charge in [0.05, 0.1) is 17.9 Å². The van der Waals surface area contributed by atoms with Crippen LogP contribution in [0.4, 0.5) is 5.69 Å². The Morgan fingerprint density at radius 2 is 1.58 bits per heavy atom. The second kappa shape index (κ2) is 15.1. The Labute approximate surface area is 282 Å². The van der Waals surface area contributed by atoms with Crippen molar-refractivity contribution in [3.8, 4) is 11.5 Å². The van der Waals surface area contributed by atoms with Gasteiger partial charge in [0.15, 0.2) is 0 Å². The van der Waals surface area contributed by atoms with Gasteiger partial charge >= 0.3 is 0 Å². The molecule has 1 aliphatic carbocycles. The molecule has 1 fully saturated rings. The molecule has 6 rings (SSSR count). The monoisotopic (exact) mass is 642 g/mol. The zero-order chi connectivity index (χ0) is 33.5. The van der Waals surface area contributed by atoms with Crippen molar-refractivity contribution < 1.29 is 19.1 Å². The Hall–Kier alpha value is -5.24. The first-order valence-corrected chi connectivity index (χ1v) is 16.9. The summed E-state index contributed by atoms with van der Waals surface area (Å²) in [5.74, 6) is -0.752. The van der Waals surface area contributed by atoms with E-state index >= 15 is 0 Å². The van der Waals surface area contributed by atoms with Crippen LogP contribution in [0.25, 0.3) is 0 Å². The fourth-order valence-corrected chi connectivity index (χ4v) is 6.66. The van der Waals surface area contributed by atoms with E-state index in [0.29, 0.717) is 41.7 Å². The van der Waals surface area contributed by atoms with Crippen LogP contribution in [0.15, 0.2) is 114 Å². The predicted molar refractivity (Wildman–Crippen MR) is 188 cm³/mol. The van der Waals surface area contributed by atoms with Crippen molar-refractivity contribution in [3.05, 3.63) is 126 Å². The van der Waals surface area contributed by atoms with Crippen molar-refractivity contribution in [3.63, 3.8) is 0 Å². The number of rotatable bonds is 13. The van der Waals surface area contributed by atoms with Crippen molar-refractivity contribution in [1.82, 2.24) is 5.32 Å². The summed E-state index contributed by atoms with van der Waals surface area (Å²) in [6.07, 6.45) is 3.74. The van der Waals surface area contributed by atoms with Gasteiger partial charge in [-0.25, -0.2) is 4.99 Å². The van der Waals surface area contributed by atoms with Crippen molar-refractivity contribution in [2.24, 2.45) is 28.5 Å².